The highest BCUT2D eigenvalue weighted by Crippen LogP contribution is 2.22. The molecule has 0 aliphatic carbocycles. The van der Waals surface area contributed by atoms with Crippen LogP contribution in [-0.4, -0.2) is 22.8 Å². The van der Waals surface area contributed by atoms with E-state index in [0.717, 1.165) is 16.4 Å². The van der Waals surface area contributed by atoms with E-state index in [1.54, 1.807) is 6.33 Å². The van der Waals surface area contributed by atoms with E-state index in [4.69, 9.17) is 21.1 Å². The first kappa shape index (κ1) is 10.8. The summed E-state index contributed by atoms with van der Waals surface area (Å²) in [5, 5.41) is 0.719. The van der Waals surface area contributed by atoms with Gasteiger partial charge < -0.3 is 14.0 Å². The number of imidazole rings is 1. The van der Waals surface area contributed by atoms with Gasteiger partial charge in [-0.15, -0.1) is 0 Å². The Bertz CT molecular complexity index is 503. The van der Waals surface area contributed by atoms with Gasteiger partial charge in [0.15, 0.2) is 0 Å². The van der Waals surface area contributed by atoms with Crippen molar-refractivity contribution >= 4 is 11.6 Å². The van der Waals surface area contributed by atoms with Crippen LogP contribution in [0.15, 0.2) is 36.8 Å². The second-order valence-corrected chi connectivity index (χ2v) is 4.19. The van der Waals surface area contributed by atoms with Gasteiger partial charge in [-0.2, -0.15) is 0 Å². The molecule has 0 atom stereocenters. The Labute approximate surface area is 104 Å². The molecular weight excluding hydrogens is 240 g/mol. The third kappa shape index (κ3) is 2.20. The van der Waals surface area contributed by atoms with Crippen molar-refractivity contribution in [2.24, 2.45) is 0 Å². The smallest absolute Gasteiger partial charge is 0.202 e. The molecule has 0 unspecified atom stereocenters. The molecule has 1 aromatic heterocycles. The maximum Gasteiger partial charge on any atom is 0.202 e. The standard InChI is InChI=1S/C12H11ClN2O2/c13-9-1-3-10(4-2-9)15-7-11(14-8-15)12-16-5-6-17-12/h1-4,7-8,12H,5-6H2. The Balaban J connectivity index is 1.86. The zero-order valence-corrected chi connectivity index (χ0v) is 9.80. The van der Waals surface area contributed by atoms with Crippen molar-refractivity contribution in [3.8, 4) is 5.69 Å². The summed E-state index contributed by atoms with van der Waals surface area (Å²) in [6.07, 6.45) is 3.31. The van der Waals surface area contributed by atoms with Crippen LogP contribution in [-0.2, 0) is 9.47 Å². The Morgan fingerprint density at radius 3 is 2.59 bits per heavy atom. The molecule has 1 aliphatic heterocycles. The molecule has 0 N–H and O–H groups in total. The minimum Gasteiger partial charge on any atom is -0.345 e. The average molecular weight is 251 g/mol. The van der Waals surface area contributed by atoms with Crippen molar-refractivity contribution in [1.82, 2.24) is 9.55 Å². The van der Waals surface area contributed by atoms with Gasteiger partial charge in [0, 0.05) is 16.9 Å². The van der Waals surface area contributed by atoms with E-state index in [2.05, 4.69) is 4.98 Å². The van der Waals surface area contributed by atoms with Crippen LogP contribution in [0.5, 0.6) is 0 Å². The lowest BCUT2D eigenvalue weighted by molar-refractivity contribution is -0.0470. The van der Waals surface area contributed by atoms with Crippen LogP contribution >= 0.6 is 11.6 Å². The quantitative estimate of drug-likeness (QED) is 0.822. The van der Waals surface area contributed by atoms with Gasteiger partial charge in [-0.3, -0.25) is 0 Å². The van der Waals surface area contributed by atoms with Crippen LogP contribution in [0, 0.1) is 0 Å². The van der Waals surface area contributed by atoms with Crippen molar-refractivity contribution in [2.75, 3.05) is 13.2 Å². The van der Waals surface area contributed by atoms with E-state index >= 15 is 0 Å². The zero-order chi connectivity index (χ0) is 11.7. The van der Waals surface area contributed by atoms with Crippen LogP contribution in [0.4, 0.5) is 0 Å². The van der Waals surface area contributed by atoms with Crippen LogP contribution in [0.3, 0.4) is 0 Å². The van der Waals surface area contributed by atoms with Gasteiger partial charge in [-0.05, 0) is 24.3 Å². The van der Waals surface area contributed by atoms with E-state index in [0.29, 0.717) is 13.2 Å². The first-order valence-electron chi connectivity index (χ1n) is 5.36. The molecule has 2 heterocycles. The highest BCUT2D eigenvalue weighted by Gasteiger charge is 2.20. The molecule has 0 amide bonds. The molecule has 4 nitrogen and oxygen atoms in total. The summed E-state index contributed by atoms with van der Waals surface area (Å²) in [7, 11) is 0. The number of aromatic nitrogens is 2. The molecule has 5 heteroatoms. The van der Waals surface area contributed by atoms with Crippen molar-refractivity contribution in [2.45, 2.75) is 6.29 Å². The Morgan fingerprint density at radius 1 is 1.18 bits per heavy atom. The second-order valence-electron chi connectivity index (χ2n) is 3.76. The first-order valence-corrected chi connectivity index (χ1v) is 5.74. The van der Waals surface area contributed by atoms with Gasteiger partial charge in [0.05, 0.1) is 19.5 Å². The zero-order valence-electron chi connectivity index (χ0n) is 9.04. The van der Waals surface area contributed by atoms with Crippen molar-refractivity contribution in [1.29, 1.82) is 0 Å². The molecule has 0 spiro atoms. The average Bonchev–Trinajstić information content (AvgIpc) is 3.00. The highest BCUT2D eigenvalue weighted by atomic mass is 35.5. The maximum absolute atomic E-state index is 5.84. The minimum absolute atomic E-state index is 0.330. The number of benzene rings is 1. The molecule has 3 rings (SSSR count). The van der Waals surface area contributed by atoms with Crippen LogP contribution in [0.1, 0.15) is 12.0 Å². The number of ether oxygens (including phenoxy) is 2. The van der Waals surface area contributed by atoms with Gasteiger partial charge >= 0.3 is 0 Å². The summed E-state index contributed by atoms with van der Waals surface area (Å²) in [5.74, 6) is 0. The van der Waals surface area contributed by atoms with Crippen LogP contribution in [0.25, 0.3) is 5.69 Å². The fraction of sp³-hybridized carbons (Fsp3) is 0.250. The van der Waals surface area contributed by atoms with E-state index in [1.165, 1.54) is 0 Å². The minimum atomic E-state index is -0.330. The number of rotatable bonds is 2. The van der Waals surface area contributed by atoms with E-state index in [9.17, 15) is 0 Å². The summed E-state index contributed by atoms with van der Waals surface area (Å²) in [5.41, 5.74) is 1.79. The third-order valence-electron chi connectivity index (χ3n) is 2.59. The summed E-state index contributed by atoms with van der Waals surface area (Å²) in [4.78, 5) is 4.28. The predicted octanol–water partition coefficient (Wildman–Crippen LogP) is 2.57. The van der Waals surface area contributed by atoms with E-state index in [1.807, 2.05) is 35.0 Å². The topological polar surface area (TPSA) is 36.3 Å². The van der Waals surface area contributed by atoms with Crippen molar-refractivity contribution < 1.29 is 9.47 Å². The first-order chi connectivity index (χ1) is 8.33. The van der Waals surface area contributed by atoms with Crippen LogP contribution < -0.4 is 0 Å². The number of hydrogen-bond donors (Lipinski definition) is 0. The molecule has 1 fully saturated rings. The maximum atomic E-state index is 5.84. The van der Waals surface area contributed by atoms with E-state index < -0.39 is 0 Å². The largest absolute Gasteiger partial charge is 0.345 e. The van der Waals surface area contributed by atoms with Crippen molar-refractivity contribution in [3.05, 3.63) is 47.5 Å². The number of hydrogen-bond acceptors (Lipinski definition) is 3. The summed E-state index contributed by atoms with van der Waals surface area (Å²) < 4.78 is 12.7. The molecule has 0 saturated carbocycles. The van der Waals surface area contributed by atoms with Gasteiger partial charge in [0.2, 0.25) is 6.29 Å². The highest BCUT2D eigenvalue weighted by molar-refractivity contribution is 6.30. The molecule has 2 aromatic rings. The van der Waals surface area contributed by atoms with Crippen LogP contribution in [0.2, 0.25) is 5.02 Å². The van der Waals surface area contributed by atoms with Gasteiger partial charge in [-0.25, -0.2) is 4.98 Å². The molecule has 17 heavy (non-hydrogen) atoms. The fourth-order valence-electron chi connectivity index (χ4n) is 1.74. The fourth-order valence-corrected chi connectivity index (χ4v) is 1.87. The number of halogens is 1. The summed E-state index contributed by atoms with van der Waals surface area (Å²) >= 11 is 5.84. The molecule has 0 radical (unpaired) electrons. The molecule has 0 bridgehead atoms. The normalized spacial score (nSPS) is 16.5. The van der Waals surface area contributed by atoms with E-state index in [-0.39, 0.29) is 6.29 Å². The lowest BCUT2D eigenvalue weighted by atomic mass is 10.3. The molecule has 1 aromatic carbocycles. The molecular formula is C12H11ClN2O2. The van der Waals surface area contributed by atoms with Gasteiger partial charge in [0.25, 0.3) is 0 Å². The lowest BCUT2D eigenvalue weighted by Gasteiger charge is -2.04. The molecule has 88 valence electrons. The second kappa shape index (κ2) is 4.49. The van der Waals surface area contributed by atoms with Crippen molar-refractivity contribution in [3.63, 3.8) is 0 Å². The Morgan fingerprint density at radius 2 is 1.88 bits per heavy atom. The molecule has 1 aliphatic rings. The monoisotopic (exact) mass is 250 g/mol. The lowest BCUT2D eigenvalue weighted by Crippen LogP contribution is -1.98. The summed E-state index contributed by atoms with van der Waals surface area (Å²) in [6.45, 7) is 1.25. The van der Waals surface area contributed by atoms with Gasteiger partial charge in [-0.1, -0.05) is 11.6 Å². The summed E-state index contributed by atoms with van der Waals surface area (Å²) in [6, 6.07) is 7.56. The SMILES string of the molecule is Clc1ccc(-n2cnc(C3OCCO3)c2)cc1. The Kier molecular flexibility index (Phi) is 2.84. The molecule has 1 saturated heterocycles. The Hall–Kier alpha value is -1.36. The van der Waals surface area contributed by atoms with Gasteiger partial charge in [0.1, 0.15) is 5.69 Å². The number of nitrogens with zero attached hydrogens (tertiary/aromatic N) is 2. The third-order valence-corrected chi connectivity index (χ3v) is 2.84. The predicted molar refractivity (Wildman–Crippen MR) is 63.2 cm³/mol.